The number of benzene rings is 2. The molecule has 0 bridgehead atoms. The van der Waals surface area contributed by atoms with Crippen molar-refractivity contribution in [3.05, 3.63) is 58.1 Å². The molecule has 0 aromatic heterocycles. The predicted molar refractivity (Wildman–Crippen MR) is 99.0 cm³/mol. The van der Waals surface area contributed by atoms with Gasteiger partial charge in [-0.05, 0) is 53.3 Å². The second-order valence-corrected chi connectivity index (χ2v) is 6.77. The Balaban J connectivity index is 2.13. The van der Waals surface area contributed by atoms with Crippen LogP contribution in [-0.4, -0.2) is 44.7 Å². The molecule has 0 amide bonds. The van der Waals surface area contributed by atoms with Crippen molar-refractivity contribution in [2.75, 3.05) is 0 Å². The minimum absolute atomic E-state index is 0.0903. The van der Waals surface area contributed by atoms with Crippen LogP contribution >= 0.6 is 0 Å². The maximum absolute atomic E-state index is 11.5. The highest BCUT2D eigenvalue weighted by Gasteiger charge is 2.33. The Morgan fingerprint density at radius 3 is 1.83 bits per heavy atom. The van der Waals surface area contributed by atoms with E-state index in [2.05, 4.69) is 9.47 Å². The second kappa shape index (κ2) is 7.74. The normalized spacial score (nSPS) is 17.1. The van der Waals surface area contributed by atoms with Crippen LogP contribution in [0.3, 0.4) is 0 Å². The molecular formula is C20H16O10. The summed E-state index contributed by atoms with van der Waals surface area (Å²) in [6, 6.07) is 6.72. The number of hydrogen-bond donors (Lipinski definition) is 4. The number of ether oxygens (including phenoxy) is 2. The van der Waals surface area contributed by atoms with Gasteiger partial charge >= 0.3 is 24.2 Å². The maximum Gasteiger partial charge on any atom is 0.511 e. The van der Waals surface area contributed by atoms with E-state index in [1.54, 1.807) is 0 Å². The van der Waals surface area contributed by atoms with Crippen molar-refractivity contribution < 1.29 is 49.1 Å². The molecule has 0 saturated carbocycles. The average molecular weight is 416 g/mol. The highest BCUT2D eigenvalue weighted by Crippen LogP contribution is 2.49. The molecule has 0 spiro atoms. The van der Waals surface area contributed by atoms with Gasteiger partial charge in [0.15, 0.2) is 11.5 Å². The largest absolute Gasteiger partial charge is 0.511 e. The zero-order valence-corrected chi connectivity index (χ0v) is 15.5. The molecule has 0 aliphatic heterocycles. The highest BCUT2D eigenvalue weighted by molar-refractivity contribution is 6.01. The third-order valence-electron chi connectivity index (χ3n) is 4.95. The molecule has 2 aromatic carbocycles. The monoisotopic (exact) mass is 416 g/mol. The number of carboxylic acids is 2. The molecular weight excluding hydrogens is 400 g/mol. The lowest BCUT2D eigenvalue weighted by molar-refractivity contribution is 0.0651. The lowest BCUT2D eigenvalue weighted by Crippen LogP contribution is -2.11. The van der Waals surface area contributed by atoms with E-state index in [0.29, 0.717) is 23.1 Å². The Morgan fingerprint density at radius 2 is 1.33 bits per heavy atom. The van der Waals surface area contributed by atoms with Crippen LogP contribution in [0.5, 0.6) is 11.5 Å². The fraction of sp³-hybridized carbons (Fsp3) is 0.200. The molecule has 4 N–H and O–H groups in total. The first-order chi connectivity index (χ1) is 14.1. The van der Waals surface area contributed by atoms with Gasteiger partial charge in [0.25, 0.3) is 0 Å². The standard InChI is InChI=1S/C20H16O10/c1-8-4-12(9-2-3-10(17(21)22)14(5-9)18(23)24)13-7-16(30-20(27)28)15(6-11(8)13)29-19(25)26/h2-3,5-8,12H,4H2,1H3,(H,21,22)(H,23,24)(H,25,26)(H,27,28). The predicted octanol–water partition coefficient (Wildman–Crippen LogP) is 3.84. The van der Waals surface area contributed by atoms with Crippen LogP contribution in [0, 0.1) is 0 Å². The average Bonchev–Trinajstić information content (AvgIpc) is 2.96. The highest BCUT2D eigenvalue weighted by atomic mass is 16.7. The molecule has 10 nitrogen and oxygen atoms in total. The topological polar surface area (TPSA) is 168 Å². The summed E-state index contributed by atoms with van der Waals surface area (Å²) >= 11 is 0. The molecule has 0 heterocycles. The Kier molecular flexibility index (Phi) is 5.33. The van der Waals surface area contributed by atoms with E-state index in [1.807, 2.05) is 6.92 Å². The summed E-state index contributed by atoms with van der Waals surface area (Å²) in [5, 5.41) is 36.4. The minimum atomic E-state index is -1.66. The first kappa shape index (κ1) is 20.6. The second-order valence-electron chi connectivity index (χ2n) is 6.77. The summed E-state index contributed by atoms with van der Waals surface area (Å²) in [6.45, 7) is 1.87. The first-order valence-electron chi connectivity index (χ1n) is 8.68. The van der Waals surface area contributed by atoms with E-state index in [4.69, 9.17) is 10.2 Å². The van der Waals surface area contributed by atoms with Crippen LogP contribution in [0.4, 0.5) is 9.59 Å². The fourth-order valence-electron chi connectivity index (χ4n) is 3.73. The van der Waals surface area contributed by atoms with Crippen molar-refractivity contribution in [1.82, 2.24) is 0 Å². The maximum atomic E-state index is 11.5. The van der Waals surface area contributed by atoms with Crippen molar-refractivity contribution in [3.8, 4) is 11.5 Å². The van der Waals surface area contributed by atoms with Crippen LogP contribution < -0.4 is 9.47 Å². The number of carbonyl (C=O) groups is 4. The van der Waals surface area contributed by atoms with Crippen LogP contribution in [0.2, 0.25) is 0 Å². The van der Waals surface area contributed by atoms with E-state index in [0.717, 1.165) is 0 Å². The van der Waals surface area contributed by atoms with Crippen LogP contribution in [0.15, 0.2) is 30.3 Å². The zero-order chi connectivity index (χ0) is 22.2. The van der Waals surface area contributed by atoms with Crippen LogP contribution in [-0.2, 0) is 0 Å². The molecule has 2 unspecified atom stereocenters. The van der Waals surface area contributed by atoms with Crippen LogP contribution in [0.25, 0.3) is 0 Å². The summed E-state index contributed by atoms with van der Waals surface area (Å²) in [7, 11) is 0. The van der Waals surface area contributed by atoms with Crippen molar-refractivity contribution in [2.45, 2.75) is 25.2 Å². The molecule has 1 aliphatic carbocycles. The summed E-state index contributed by atoms with van der Waals surface area (Å²) in [6.07, 6.45) is -2.79. The van der Waals surface area contributed by atoms with Gasteiger partial charge in [-0.2, -0.15) is 0 Å². The van der Waals surface area contributed by atoms with Crippen molar-refractivity contribution in [3.63, 3.8) is 0 Å². The molecule has 156 valence electrons. The van der Waals surface area contributed by atoms with E-state index in [1.165, 1.54) is 30.3 Å². The van der Waals surface area contributed by atoms with Crippen molar-refractivity contribution in [2.24, 2.45) is 0 Å². The van der Waals surface area contributed by atoms with Crippen molar-refractivity contribution >= 4 is 24.2 Å². The molecule has 1 aliphatic rings. The molecule has 3 rings (SSSR count). The number of hydrogen-bond acceptors (Lipinski definition) is 6. The Bertz CT molecular complexity index is 1070. The molecule has 0 saturated heterocycles. The van der Waals surface area contributed by atoms with Gasteiger partial charge in [-0.3, -0.25) is 0 Å². The molecule has 0 fully saturated rings. The van der Waals surface area contributed by atoms with Gasteiger partial charge in [-0.25, -0.2) is 19.2 Å². The number of aromatic carboxylic acids is 2. The molecule has 2 aromatic rings. The van der Waals surface area contributed by atoms with E-state index in [9.17, 15) is 29.4 Å². The zero-order valence-electron chi connectivity index (χ0n) is 15.5. The molecule has 2 atom stereocenters. The van der Waals surface area contributed by atoms with Crippen LogP contribution in [0.1, 0.15) is 62.6 Å². The van der Waals surface area contributed by atoms with Gasteiger partial charge in [0.2, 0.25) is 0 Å². The number of rotatable bonds is 5. The number of carboxylic acid groups (broad SMARTS) is 4. The third-order valence-corrected chi connectivity index (χ3v) is 4.95. The van der Waals surface area contributed by atoms with Gasteiger partial charge < -0.3 is 29.9 Å². The Morgan fingerprint density at radius 1 is 0.800 bits per heavy atom. The third kappa shape index (κ3) is 3.88. The first-order valence-corrected chi connectivity index (χ1v) is 8.68. The fourth-order valence-corrected chi connectivity index (χ4v) is 3.73. The van der Waals surface area contributed by atoms with Crippen molar-refractivity contribution in [1.29, 1.82) is 0 Å². The summed E-state index contributed by atoms with van der Waals surface area (Å²) in [5.41, 5.74) is 1.10. The summed E-state index contributed by atoms with van der Waals surface area (Å²) < 4.78 is 9.30. The van der Waals surface area contributed by atoms with Gasteiger partial charge in [-0.1, -0.05) is 13.0 Å². The molecule has 10 heteroatoms. The van der Waals surface area contributed by atoms with E-state index >= 15 is 0 Å². The molecule has 30 heavy (non-hydrogen) atoms. The lowest BCUT2D eigenvalue weighted by Gasteiger charge is -2.16. The minimum Gasteiger partial charge on any atom is -0.478 e. The Hall–Kier alpha value is -4.08. The lowest BCUT2D eigenvalue weighted by atomic mass is 9.90. The van der Waals surface area contributed by atoms with Gasteiger partial charge in [0.1, 0.15) is 0 Å². The van der Waals surface area contributed by atoms with E-state index in [-0.39, 0.29) is 34.5 Å². The summed E-state index contributed by atoms with van der Waals surface area (Å²) in [4.78, 5) is 44.7. The van der Waals surface area contributed by atoms with Gasteiger partial charge in [0.05, 0.1) is 11.1 Å². The SMILES string of the molecule is CC1CC(c2ccc(C(=O)O)c(C(=O)O)c2)c2cc(OC(=O)O)c(OC(=O)O)cc21. The van der Waals surface area contributed by atoms with Gasteiger partial charge in [0, 0.05) is 5.92 Å². The number of fused-ring (bicyclic) bond motifs is 1. The molecule has 0 radical (unpaired) electrons. The smallest absolute Gasteiger partial charge is 0.478 e. The Labute approximate surface area is 168 Å². The summed E-state index contributed by atoms with van der Waals surface area (Å²) in [5.74, 6) is -3.82. The quantitative estimate of drug-likeness (QED) is 0.415. The van der Waals surface area contributed by atoms with E-state index < -0.39 is 24.2 Å². The van der Waals surface area contributed by atoms with Gasteiger partial charge in [-0.15, -0.1) is 0 Å².